The first-order chi connectivity index (χ1) is 14.0. The molecule has 1 aliphatic heterocycles. The summed E-state index contributed by atoms with van der Waals surface area (Å²) in [6, 6.07) is 0. The molecule has 1 heterocycles. The van der Waals surface area contributed by atoms with Crippen molar-refractivity contribution in [2.75, 3.05) is 33.8 Å². The molecule has 0 saturated carbocycles. The van der Waals surface area contributed by atoms with Crippen molar-refractivity contribution in [1.29, 1.82) is 0 Å². The van der Waals surface area contributed by atoms with Gasteiger partial charge in [0.15, 0.2) is 24.6 Å². The van der Waals surface area contributed by atoms with E-state index in [4.69, 9.17) is 30.1 Å². The third-order valence-electron chi connectivity index (χ3n) is 4.59. The van der Waals surface area contributed by atoms with E-state index < -0.39 is 48.6 Å². The highest BCUT2D eigenvalue weighted by molar-refractivity contribution is 5.68. The monoisotopic (exact) mass is 507 g/mol. The lowest BCUT2D eigenvalue weighted by Crippen LogP contribution is -3.00. The molecule has 0 radical (unpaired) electrons. The van der Waals surface area contributed by atoms with Gasteiger partial charge in [-0.25, -0.2) is 0 Å². The van der Waals surface area contributed by atoms with Gasteiger partial charge in [0.05, 0.1) is 33.4 Å². The van der Waals surface area contributed by atoms with Crippen LogP contribution in [0.3, 0.4) is 0 Å². The summed E-state index contributed by atoms with van der Waals surface area (Å²) in [5.74, 6) is 0.895. The molecule has 1 saturated heterocycles. The first kappa shape index (κ1) is 29.3. The van der Waals surface area contributed by atoms with Crippen LogP contribution in [-0.2, 0) is 38.1 Å². The van der Waals surface area contributed by atoms with E-state index in [-0.39, 0.29) is 17.0 Å². The first-order valence-corrected chi connectivity index (χ1v) is 10.0. The zero-order valence-electron chi connectivity index (χ0n) is 19.1. The summed E-state index contributed by atoms with van der Waals surface area (Å²) in [5, 5.41) is 0. The van der Waals surface area contributed by atoms with E-state index in [1.54, 1.807) is 6.92 Å². The molecule has 0 aliphatic carbocycles. The molecule has 0 aromatic heterocycles. The van der Waals surface area contributed by atoms with Gasteiger partial charge in [-0.1, -0.05) is 0 Å². The lowest BCUT2D eigenvalue weighted by Gasteiger charge is -2.43. The SMILES string of the molecule is C#CC[N+](C)(C)CCCCOC1O[C@@H](C)[C@@H](OC(C)=O)[C@@H](OC(C)=O)[C@@H]1OC(C)=O.[Br-]. The summed E-state index contributed by atoms with van der Waals surface area (Å²) < 4.78 is 28.3. The average Bonchev–Trinajstić information content (AvgIpc) is 2.59. The van der Waals surface area contributed by atoms with Crippen LogP contribution in [0.4, 0.5) is 0 Å². The summed E-state index contributed by atoms with van der Waals surface area (Å²) in [6.45, 7) is 7.23. The smallest absolute Gasteiger partial charge is 0.303 e. The average molecular weight is 508 g/mol. The zero-order chi connectivity index (χ0) is 22.9. The summed E-state index contributed by atoms with van der Waals surface area (Å²) in [5.41, 5.74) is 0. The minimum absolute atomic E-state index is 0. The van der Waals surface area contributed by atoms with E-state index in [0.29, 0.717) is 17.6 Å². The summed E-state index contributed by atoms with van der Waals surface area (Å²) in [6.07, 6.45) is 2.34. The number of hydrogen-bond donors (Lipinski definition) is 0. The predicted molar refractivity (Wildman–Crippen MR) is 107 cm³/mol. The minimum atomic E-state index is -1.07. The van der Waals surface area contributed by atoms with Gasteiger partial charge in [0.1, 0.15) is 6.54 Å². The fraction of sp³-hybridized carbons (Fsp3) is 0.762. The molecule has 0 amide bonds. The van der Waals surface area contributed by atoms with Crippen LogP contribution in [0.2, 0.25) is 0 Å². The maximum Gasteiger partial charge on any atom is 0.303 e. The van der Waals surface area contributed by atoms with E-state index in [1.165, 1.54) is 20.8 Å². The fourth-order valence-corrected chi connectivity index (χ4v) is 3.27. The quantitative estimate of drug-likeness (QED) is 0.110. The lowest BCUT2D eigenvalue weighted by atomic mass is 9.99. The Hall–Kier alpha value is -1.67. The van der Waals surface area contributed by atoms with Crippen LogP contribution in [0.15, 0.2) is 0 Å². The molecule has 1 rings (SSSR count). The molecule has 10 heteroatoms. The van der Waals surface area contributed by atoms with Crippen molar-refractivity contribution in [2.24, 2.45) is 0 Å². The van der Waals surface area contributed by atoms with Crippen molar-refractivity contribution in [2.45, 2.75) is 71.2 Å². The topological polar surface area (TPSA) is 97.4 Å². The van der Waals surface area contributed by atoms with E-state index >= 15 is 0 Å². The summed E-state index contributed by atoms with van der Waals surface area (Å²) >= 11 is 0. The van der Waals surface area contributed by atoms with Gasteiger partial charge < -0.3 is 45.1 Å². The highest BCUT2D eigenvalue weighted by Gasteiger charge is 2.50. The molecular formula is C21H34BrNO8. The fourth-order valence-electron chi connectivity index (χ4n) is 3.27. The number of rotatable bonds is 10. The van der Waals surface area contributed by atoms with Crippen LogP contribution in [0, 0.1) is 12.3 Å². The van der Waals surface area contributed by atoms with Gasteiger partial charge in [-0.3, -0.25) is 14.4 Å². The molecule has 9 nitrogen and oxygen atoms in total. The molecule has 0 N–H and O–H groups in total. The molecule has 1 aliphatic rings. The standard InChI is InChI=1S/C21H34NO8.BrH/c1-8-11-22(6,7)12-9-10-13-26-21-20(30-17(5)25)19(29-16(4)24)18(14(2)27-21)28-15(3)23;/h1,14,18-21H,9-13H2,2-7H3;1H/q+1;/p-1/t14-,18+,19+,20-,21?;/m0./s1. The number of hydrogen-bond acceptors (Lipinski definition) is 8. The molecule has 178 valence electrons. The van der Waals surface area contributed by atoms with Crippen molar-refractivity contribution in [3.63, 3.8) is 0 Å². The molecule has 31 heavy (non-hydrogen) atoms. The number of quaternary nitrogens is 1. The van der Waals surface area contributed by atoms with Crippen molar-refractivity contribution in [1.82, 2.24) is 0 Å². The van der Waals surface area contributed by atoms with E-state index in [9.17, 15) is 14.4 Å². The Balaban J connectivity index is 0.00000900. The van der Waals surface area contributed by atoms with Crippen LogP contribution in [0.1, 0.15) is 40.5 Å². The Morgan fingerprint density at radius 1 is 0.935 bits per heavy atom. The largest absolute Gasteiger partial charge is 1.00 e. The minimum Gasteiger partial charge on any atom is -1.00 e. The van der Waals surface area contributed by atoms with Gasteiger partial charge in [-0.2, -0.15) is 0 Å². The van der Waals surface area contributed by atoms with Crippen molar-refractivity contribution in [3.05, 3.63) is 0 Å². The molecule has 0 aromatic carbocycles. The number of halogens is 1. The number of unbranched alkanes of at least 4 members (excludes halogenated alkanes) is 1. The number of carbonyl (C=O) groups is 3. The van der Waals surface area contributed by atoms with Gasteiger partial charge >= 0.3 is 17.9 Å². The third kappa shape index (κ3) is 10.5. The van der Waals surface area contributed by atoms with Gasteiger partial charge in [0, 0.05) is 20.8 Å². The highest BCUT2D eigenvalue weighted by atomic mass is 79.9. The molecule has 5 atom stereocenters. The molecule has 0 spiro atoms. The van der Waals surface area contributed by atoms with E-state index in [2.05, 4.69) is 20.0 Å². The Bertz CT molecular complexity index is 648. The second kappa shape index (κ2) is 13.7. The van der Waals surface area contributed by atoms with E-state index in [1.807, 2.05) is 0 Å². The number of esters is 3. The number of nitrogens with zero attached hydrogens (tertiary/aromatic N) is 1. The van der Waals surface area contributed by atoms with Gasteiger partial charge in [-0.15, -0.1) is 6.42 Å². The van der Waals surface area contributed by atoms with Crippen molar-refractivity contribution < 1.29 is 59.5 Å². The predicted octanol–water partition coefficient (Wildman–Crippen LogP) is -1.96. The van der Waals surface area contributed by atoms with Crippen molar-refractivity contribution in [3.8, 4) is 12.3 Å². The Morgan fingerprint density at radius 3 is 1.97 bits per heavy atom. The van der Waals surface area contributed by atoms with Crippen LogP contribution >= 0.6 is 0 Å². The Kier molecular flexibility index (Phi) is 12.9. The molecule has 0 bridgehead atoms. The number of carbonyl (C=O) groups excluding carboxylic acids is 3. The maximum absolute atomic E-state index is 11.6. The number of ether oxygens (including phenoxy) is 5. The van der Waals surface area contributed by atoms with Crippen molar-refractivity contribution >= 4 is 17.9 Å². The summed E-state index contributed by atoms with van der Waals surface area (Å²) in [7, 11) is 4.12. The highest BCUT2D eigenvalue weighted by Crippen LogP contribution is 2.29. The lowest BCUT2D eigenvalue weighted by molar-refractivity contribution is -0.883. The van der Waals surface area contributed by atoms with Crippen LogP contribution in [0.25, 0.3) is 0 Å². The van der Waals surface area contributed by atoms with Gasteiger partial charge in [-0.05, 0) is 25.7 Å². The third-order valence-corrected chi connectivity index (χ3v) is 4.59. The maximum atomic E-state index is 11.6. The molecular weight excluding hydrogens is 474 g/mol. The van der Waals surface area contributed by atoms with Gasteiger partial charge in [0.25, 0.3) is 0 Å². The molecule has 0 aromatic rings. The second-order valence-electron chi connectivity index (χ2n) is 8.03. The molecule has 1 unspecified atom stereocenters. The van der Waals surface area contributed by atoms with Gasteiger partial charge in [0.2, 0.25) is 0 Å². The normalized spacial score (nSPS) is 25.5. The zero-order valence-corrected chi connectivity index (χ0v) is 20.7. The second-order valence-corrected chi connectivity index (χ2v) is 8.03. The first-order valence-electron chi connectivity index (χ1n) is 10.0. The van der Waals surface area contributed by atoms with Crippen LogP contribution in [-0.4, -0.2) is 86.9 Å². The molecule has 1 fully saturated rings. The van der Waals surface area contributed by atoms with E-state index in [0.717, 1.165) is 19.4 Å². The Labute approximate surface area is 195 Å². The summed E-state index contributed by atoms with van der Waals surface area (Å²) in [4.78, 5) is 34.8. The number of terminal acetylenes is 1. The van der Waals surface area contributed by atoms with Crippen LogP contribution < -0.4 is 17.0 Å². The van der Waals surface area contributed by atoms with Crippen LogP contribution in [0.5, 0.6) is 0 Å². The Morgan fingerprint density at radius 2 is 1.45 bits per heavy atom.